The van der Waals surface area contributed by atoms with Crippen molar-refractivity contribution in [3.63, 3.8) is 0 Å². The van der Waals surface area contributed by atoms with E-state index >= 15 is 0 Å². The molecule has 0 radical (unpaired) electrons. The van der Waals surface area contributed by atoms with E-state index in [1.165, 1.54) is 109 Å². The predicted molar refractivity (Wildman–Crippen MR) is 227 cm³/mol. The molecule has 0 aliphatic rings. The number of carbonyl (C=O) groups is 3. The zero-order valence-electron chi connectivity index (χ0n) is 36.3. The lowest BCUT2D eigenvalue weighted by Crippen LogP contribution is -2.55. The molecular weight excluding hydrogens is 691 g/mol. The maximum atomic E-state index is 12.7. The van der Waals surface area contributed by atoms with E-state index < -0.39 is 18.1 Å². The predicted octanol–water partition coefficient (Wildman–Crippen LogP) is 10.9. The van der Waals surface area contributed by atoms with Crippen molar-refractivity contribution in [2.75, 3.05) is 41.0 Å². The molecule has 2 unspecified atom stereocenters. The van der Waals surface area contributed by atoms with Crippen molar-refractivity contribution in [2.24, 2.45) is 0 Å². The molecule has 0 aliphatic carbocycles. The molecule has 0 amide bonds. The summed E-state index contributed by atoms with van der Waals surface area (Å²) in [5.74, 6) is -1.75. The molecule has 0 fully saturated rings. The fourth-order valence-corrected chi connectivity index (χ4v) is 6.47. The van der Waals surface area contributed by atoms with E-state index in [2.05, 4.69) is 50.3 Å². The Kier molecular flexibility index (Phi) is 36.7. The second kappa shape index (κ2) is 38.4. The van der Waals surface area contributed by atoms with Gasteiger partial charge in [-0.25, -0.2) is 0 Å². The molecule has 0 rings (SSSR count). The summed E-state index contributed by atoms with van der Waals surface area (Å²) in [7, 11) is 5.40. The fourth-order valence-electron chi connectivity index (χ4n) is 6.47. The first-order chi connectivity index (χ1) is 26.6. The van der Waals surface area contributed by atoms with Gasteiger partial charge in [0.25, 0.3) is 0 Å². The van der Waals surface area contributed by atoms with Crippen LogP contribution >= 0.6 is 0 Å². The van der Waals surface area contributed by atoms with Gasteiger partial charge in [-0.15, -0.1) is 0 Å². The van der Waals surface area contributed by atoms with Crippen LogP contribution in [0.15, 0.2) is 36.5 Å². The van der Waals surface area contributed by atoms with E-state index in [-0.39, 0.29) is 42.7 Å². The number of carbonyl (C=O) groups excluding carboxylic acids is 3. The number of aliphatic carboxylic acids is 1. The van der Waals surface area contributed by atoms with Crippen LogP contribution in [0.25, 0.3) is 0 Å². The number of hydrogen-bond donors (Lipinski definition) is 0. The minimum absolute atomic E-state index is 0.0375. The summed E-state index contributed by atoms with van der Waals surface area (Å²) in [5, 5.41) is 11.6. The van der Waals surface area contributed by atoms with Gasteiger partial charge in [0.15, 0.2) is 6.10 Å². The van der Waals surface area contributed by atoms with Crippen LogP contribution in [0.3, 0.4) is 0 Å². The topological polar surface area (TPSA) is 102 Å². The van der Waals surface area contributed by atoms with Gasteiger partial charge in [0.2, 0.25) is 0 Å². The van der Waals surface area contributed by atoms with Gasteiger partial charge >= 0.3 is 11.9 Å². The summed E-state index contributed by atoms with van der Waals surface area (Å²) < 4.78 is 17.2. The van der Waals surface area contributed by atoms with Crippen LogP contribution in [0.4, 0.5) is 0 Å². The summed E-state index contributed by atoms with van der Waals surface area (Å²) in [6.45, 7) is 4.60. The van der Waals surface area contributed by atoms with Gasteiger partial charge in [-0.05, 0) is 64.2 Å². The fraction of sp³-hybridized carbons (Fsp3) is 0.809. The number of nitrogens with zero attached hydrogens (tertiary/aromatic N) is 1. The van der Waals surface area contributed by atoms with Crippen molar-refractivity contribution in [1.29, 1.82) is 0 Å². The van der Waals surface area contributed by atoms with Gasteiger partial charge in [-0.1, -0.05) is 147 Å². The maximum Gasteiger partial charge on any atom is 0.306 e. The molecule has 0 saturated heterocycles. The van der Waals surface area contributed by atoms with E-state index in [0.29, 0.717) is 12.8 Å². The van der Waals surface area contributed by atoms with Crippen molar-refractivity contribution in [3.05, 3.63) is 36.5 Å². The number of quaternary nitrogens is 1. The van der Waals surface area contributed by atoms with Crippen LogP contribution < -0.4 is 5.11 Å². The van der Waals surface area contributed by atoms with Crippen molar-refractivity contribution < 1.29 is 38.2 Å². The number of likely N-dealkylation sites (N-methyl/N-ethyl adjacent to an activating group) is 1. The Balaban J connectivity index is 4.29. The Morgan fingerprint density at radius 1 is 0.545 bits per heavy atom. The molecule has 55 heavy (non-hydrogen) atoms. The van der Waals surface area contributed by atoms with Crippen molar-refractivity contribution >= 4 is 17.9 Å². The Morgan fingerprint density at radius 3 is 1.42 bits per heavy atom. The Labute approximate surface area is 338 Å². The zero-order valence-corrected chi connectivity index (χ0v) is 36.3. The number of rotatable bonds is 40. The number of unbranched alkanes of at least 4 members (excludes halogenated alkanes) is 21. The highest BCUT2D eigenvalue weighted by Gasteiger charge is 2.25. The largest absolute Gasteiger partial charge is 0.544 e. The molecule has 0 N–H and O–H groups in total. The standard InChI is InChI=1S/C47H85NO7/c1-6-8-10-12-14-16-18-20-21-22-23-24-25-26-28-29-31-33-35-37-45(49)54-42-43(41-53-40-39-44(47(51)52)48(3,4)5)55-46(50)38-36-34-32-30-27-19-17-15-13-11-9-7-2/h14-18,20,43-44H,6-13,19,21-42H2,1-5H3/b16-14+,17-15+,20-18+. The molecule has 0 heterocycles. The van der Waals surface area contributed by atoms with E-state index in [4.69, 9.17) is 14.2 Å². The average Bonchev–Trinajstić information content (AvgIpc) is 3.14. The normalized spacial score (nSPS) is 13.3. The molecule has 320 valence electrons. The van der Waals surface area contributed by atoms with Crippen molar-refractivity contribution in [1.82, 2.24) is 0 Å². The van der Waals surface area contributed by atoms with Gasteiger partial charge in [0, 0.05) is 19.3 Å². The molecule has 0 aromatic heterocycles. The van der Waals surface area contributed by atoms with E-state index in [9.17, 15) is 19.5 Å². The molecule has 0 saturated carbocycles. The first-order valence-corrected chi connectivity index (χ1v) is 22.5. The number of carboxylic acids is 1. The Hall–Kier alpha value is -2.45. The summed E-state index contributed by atoms with van der Waals surface area (Å²) in [5.41, 5.74) is 0. The van der Waals surface area contributed by atoms with Gasteiger partial charge in [0.1, 0.15) is 12.6 Å². The molecule has 8 heteroatoms. The van der Waals surface area contributed by atoms with Gasteiger partial charge < -0.3 is 28.6 Å². The van der Waals surface area contributed by atoms with Crippen LogP contribution in [-0.2, 0) is 28.6 Å². The SMILES string of the molecule is CCCCC/C=C/C=C/CCCCCCCCCCCCC(=O)OCC(COCCC(C(=O)[O-])[N+](C)(C)C)OC(=O)CCCCCCC/C=C/CCCCC. The third-order valence-electron chi connectivity index (χ3n) is 10.0. The van der Waals surface area contributed by atoms with Crippen LogP contribution in [0.2, 0.25) is 0 Å². The van der Waals surface area contributed by atoms with Crippen LogP contribution in [-0.4, -0.2) is 75.5 Å². The average molecular weight is 776 g/mol. The van der Waals surface area contributed by atoms with E-state index in [1.54, 1.807) is 21.1 Å². The number of esters is 2. The monoisotopic (exact) mass is 776 g/mol. The van der Waals surface area contributed by atoms with Crippen molar-refractivity contribution in [3.8, 4) is 0 Å². The minimum Gasteiger partial charge on any atom is -0.544 e. The lowest BCUT2D eigenvalue weighted by atomic mass is 10.1. The van der Waals surface area contributed by atoms with Gasteiger partial charge in [0.05, 0.1) is 40.3 Å². The van der Waals surface area contributed by atoms with Gasteiger partial charge in [-0.3, -0.25) is 9.59 Å². The highest BCUT2D eigenvalue weighted by molar-refractivity contribution is 5.70. The molecule has 0 spiro atoms. The number of ether oxygens (including phenoxy) is 3. The maximum absolute atomic E-state index is 12.7. The molecule has 0 aromatic rings. The lowest BCUT2D eigenvalue weighted by molar-refractivity contribution is -0.889. The molecular formula is C47H85NO7. The number of allylic oxidation sites excluding steroid dienone is 6. The number of hydrogen-bond acceptors (Lipinski definition) is 7. The molecule has 0 bridgehead atoms. The second-order valence-electron chi connectivity index (χ2n) is 16.3. The third-order valence-corrected chi connectivity index (χ3v) is 10.0. The highest BCUT2D eigenvalue weighted by Crippen LogP contribution is 2.14. The lowest BCUT2D eigenvalue weighted by Gasteiger charge is -2.34. The molecule has 2 atom stereocenters. The minimum atomic E-state index is -1.13. The second-order valence-corrected chi connectivity index (χ2v) is 16.3. The molecule has 0 aromatic carbocycles. The Bertz CT molecular complexity index is 1000. The Morgan fingerprint density at radius 2 is 0.964 bits per heavy atom. The van der Waals surface area contributed by atoms with Crippen LogP contribution in [0.1, 0.15) is 194 Å². The number of carboxylic acid groups (broad SMARTS) is 1. The molecule has 0 aliphatic heterocycles. The van der Waals surface area contributed by atoms with Crippen LogP contribution in [0, 0.1) is 0 Å². The van der Waals surface area contributed by atoms with E-state index in [1.807, 2.05) is 0 Å². The highest BCUT2D eigenvalue weighted by atomic mass is 16.6. The summed E-state index contributed by atoms with van der Waals surface area (Å²) >= 11 is 0. The quantitative estimate of drug-likeness (QED) is 0.0201. The third kappa shape index (κ3) is 36.9. The summed E-state index contributed by atoms with van der Waals surface area (Å²) in [6, 6.07) is -0.726. The van der Waals surface area contributed by atoms with Crippen LogP contribution in [0.5, 0.6) is 0 Å². The summed E-state index contributed by atoms with van der Waals surface area (Å²) in [6.07, 6.45) is 43.0. The summed E-state index contributed by atoms with van der Waals surface area (Å²) in [4.78, 5) is 36.8. The van der Waals surface area contributed by atoms with Gasteiger partial charge in [-0.2, -0.15) is 0 Å². The smallest absolute Gasteiger partial charge is 0.306 e. The molecule has 8 nitrogen and oxygen atoms in total. The zero-order chi connectivity index (χ0) is 40.7. The first-order valence-electron chi connectivity index (χ1n) is 22.5. The van der Waals surface area contributed by atoms with E-state index in [0.717, 1.165) is 51.4 Å². The first kappa shape index (κ1) is 52.6. The van der Waals surface area contributed by atoms with Crippen molar-refractivity contribution in [2.45, 2.75) is 206 Å².